The number of allylic oxidation sites excluding steroid dienone is 1. The molecule has 2 N–H and O–H groups in total. The number of nitrogens with one attached hydrogen (secondary N) is 1. The minimum atomic E-state index is -1.40. The van der Waals surface area contributed by atoms with E-state index in [1.807, 2.05) is 49.4 Å². The van der Waals surface area contributed by atoms with E-state index in [1.54, 1.807) is 17.9 Å². The molecule has 3 amide bonds. The smallest absolute Gasteiger partial charge is 0.313 e. The number of hydrogen-bond acceptors (Lipinski definition) is 7. The third kappa shape index (κ3) is 5.42. The third-order valence-corrected chi connectivity index (χ3v) is 9.33. The molecular formula is C31H38BrN3O7. The highest BCUT2D eigenvalue weighted by molar-refractivity contribution is 9.11. The fourth-order valence-electron chi connectivity index (χ4n) is 6.52. The number of carbonyl (C=O) groups excluding carboxylic acids is 4. The number of nitrogens with zero attached hydrogens (tertiary/aromatic N) is 2. The molecule has 5 bridgehead atoms. The zero-order valence-electron chi connectivity index (χ0n) is 23.9. The number of aliphatic hydroxyl groups is 1. The van der Waals surface area contributed by atoms with Gasteiger partial charge in [-0.05, 0) is 31.4 Å². The molecule has 10 nitrogen and oxygen atoms in total. The Bertz CT molecular complexity index is 1270. The Morgan fingerprint density at radius 1 is 1.14 bits per heavy atom. The number of benzene rings is 1. The van der Waals surface area contributed by atoms with Gasteiger partial charge >= 0.3 is 5.97 Å². The summed E-state index contributed by atoms with van der Waals surface area (Å²) in [6, 6.07) is 7.37. The van der Waals surface area contributed by atoms with Crippen LogP contribution in [0.2, 0.25) is 0 Å². The van der Waals surface area contributed by atoms with Gasteiger partial charge < -0.3 is 29.7 Å². The van der Waals surface area contributed by atoms with Crippen molar-refractivity contribution >= 4 is 39.6 Å². The summed E-state index contributed by atoms with van der Waals surface area (Å²) >= 11 is 3.55. The number of likely N-dealkylation sites (tertiary alicyclic amines) is 1. The lowest BCUT2D eigenvalue weighted by Gasteiger charge is -2.37. The second-order valence-electron chi connectivity index (χ2n) is 11.4. The third-order valence-electron chi connectivity index (χ3n) is 8.65. The van der Waals surface area contributed by atoms with Crippen LogP contribution in [0.3, 0.4) is 0 Å². The van der Waals surface area contributed by atoms with E-state index >= 15 is 0 Å². The molecule has 11 heteroatoms. The van der Waals surface area contributed by atoms with Crippen molar-refractivity contribution in [2.75, 3.05) is 26.2 Å². The van der Waals surface area contributed by atoms with Crippen molar-refractivity contribution in [3.63, 3.8) is 0 Å². The average Bonchev–Trinajstić information content (AvgIpc) is 3.59. The van der Waals surface area contributed by atoms with Gasteiger partial charge in [0.1, 0.15) is 29.8 Å². The molecule has 0 unspecified atom stereocenters. The summed E-state index contributed by atoms with van der Waals surface area (Å²) in [5.74, 6) is -3.59. The first kappa shape index (κ1) is 30.4. The lowest BCUT2D eigenvalue weighted by atomic mass is 9.74. The summed E-state index contributed by atoms with van der Waals surface area (Å²) < 4.78 is 13.1. The van der Waals surface area contributed by atoms with Gasteiger partial charge in [0.2, 0.25) is 17.7 Å². The van der Waals surface area contributed by atoms with Gasteiger partial charge in [0.25, 0.3) is 0 Å². The monoisotopic (exact) mass is 643 g/mol. The van der Waals surface area contributed by atoms with Crippen LogP contribution >= 0.6 is 15.9 Å². The number of aliphatic hydroxyl groups excluding tert-OH is 1. The van der Waals surface area contributed by atoms with Crippen LogP contribution in [-0.2, 0) is 28.7 Å². The largest absolute Gasteiger partial charge is 0.455 e. The molecule has 0 radical (unpaired) electrons. The van der Waals surface area contributed by atoms with Crippen LogP contribution in [0.15, 0.2) is 53.0 Å². The van der Waals surface area contributed by atoms with Crippen molar-refractivity contribution in [2.45, 2.75) is 69.4 Å². The summed E-state index contributed by atoms with van der Waals surface area (Å²) in [4.78, 5) is 58.3. The first-order valence-corrected chi connectivity index (χ1v) is 15.5. The predicted octanol–water partition coefficient (Wildman–Crippen LogP) is 2.62. The van der Waals surface area contributed by atoms with Gasteiger partial charge in [-0.15, -0.1) is 0 Å². The number of unbranched alkanes of at least 4 members (excludes halogenated alkanes) is 1. The number of amides is 3. The molecule has 7 atom stereocenters. The normalized spacial score (nSPS) is 33.2. The van der Waals surface area contributed by atoms with Gasteiger partial charge in [0.05, 0.1) is 25.1 Å². The van der Waals surface area contributed by atoms with Crippen LogP contribution in [0.1, 0.15) is 51.2 Å². The number of fused-ring (bicyclic) bond motifs is 2. The van der Waals surface area contributed by atoms with Crippen molar-refractivity contribution in [3.8, 4) is 0 Å². The Hall–Kier alpha value is -3.02. The fourth-order valence-corrected chi connectivity index (χ4v) is 7.26. The number of cyclic esters (lactones) is 1. The molecule has 226 valence electrons. The molecule has 1 aromatic carbocycles. The molecular weight excluding hydrogens is 606 g/mol. The van der Waals surface area contributed by atoms with Crippen molar-refractivity contribution < 1.29 is 33.8 Å². The maximum Gasteiger partial charge on any atom is 0.313 e. The molecule has 0 aliphatic carbocycles. The second kappa shape index (κ2) is 12.7. The predicted molar refractivity (Wildman–Crippen MR) is 157 cm³/mol. The molecule has 1 spiro atoms. The highest BCUT2D eigenvalue weighted by Gasteiger charge is 2.75. The number of rotatable bonds is 6. The van der Waals surface area contributed by atoms with Crippen LogP contribution in [0.5, 0.6) is 0 Å². The van der Waals surface area contributed by atoms with Crippen LogP contribution in [0, 0.1) is 11.8 Å². The average molecular weight is 645 g/mol. The van der Waals surface area contributed by atoms with E-state index in [-0.39, 0.29) is 31.4 Å². The minimum absolute atomic E-state index is 0.0664. The quantitative estimate of drug-likeness (QED) is 0.361. The molecule has 4 aliphatic rings. The van der Waals surface area contributed by atoms with Crippen molar-refractivity contribution in [1.82, 2.24) is 15.1 Å². The van der Waals surface area contributed by atoms with E-state index in [9.17, 15) is 24.3 Å². The van der Waals surface area contributed by atoms with Gasteiger partial charge in [-0.2, -0.15) is 0 Å². The highest BCUT2D eigenvalue weighted by atomic mass is 79.9. The van der Waals surface area contributed by atoms with Gasteiger partial charge in [-0.25, -0.2) is 0 Å². The number of carbonyl (C=O) groups is 4. The van der Waals surface area contributed by atoms with Gasteiger partial charge in [-0.3, -0.25) is 19.2 Å². The molecule has 0 aromatic heterocycles. The maximum absolute atomic E-state index is 14.4. The number of esters is 1. The lowest BCUT2D eigenvalue weighted by Crippen LogP contribution is -2.58. The Kier molecular flexibility index (Phi) is 9.20. The van der Waals surface area contributed by atoms with Gasteiger partial charge in [-0.1, -0.05) is 71.8 Å². The fraction of sp³-hybridized carbons (Fsp3) is 0.548. The van der Waals surface area contributed by atoms with E-state index in [2.05, 4.69) is 21.2 Å². The SMILES string of the molecule is CCCCN1C/C=C\CCC(=O)NC[C@H](c2ccccc2)OC(=O)[C@H]2[C@@H]3O[C@@]4(C=C3Br)[C@@H]2C(=O)N([C@H](C)CO)[C@@H]4C1=O. The van der Waals surface area contributed by atoms with E-state index in [1.165, 1.54) is 4.90 Å². The first-order chi connectivity index (χ1) is 20.2. The number of hydrogen-bond donors (Lipinski definition) is 2. The van der Waals surface area contributed by atoms with Gasteiger partial charge in [0, 0.05) is 24.0 Å². The molecule has 42 heavy (non-hydrogen) atoms. The Labute approximate surface area is 254 Å². The van der Waals surface area contributed by atoms with Crippen molar-refractivity contribution in [2.24, 2.45) is 11.8 Å². The Morgan fingerprint density at radius 2 is 1.90 bits per heavy atom. The Morgan fingerprint density at radius 3 is 2.62 bits per heavy atom. The minimum Gasteiger partial charge on any atom is -0.455 e. The molecule has 2 fully saturated rings. The first-order valence-electron chi connectivity index (χ1n) is 14.7. The lowest BCUT2D eigenvalue weighted by molar-refractivity contribution is -0.160. The Balaban J connectivity index is 1.59. The highest BCUT2D eigenvalue weighted by Crippen LogP contribution is 2.59. The topological polar surface area (TPSA) is 125 Å². The zero-order valence-corrected chi connectivity index (χ0v) is 25.5. The number of halogens is 1. The number of ether oxygens (including phenoxy) is 2. The molecule has 1 aromatic rings. The summed E-state index contributed by atoms with van der Waals surface area (Å²) in [6.45, 7) is 4.19. The van der Waals surface area contributed by atoms with Gasteiger partial charge in [0.15, 0.2) is 0 Å². The summed E-state index contributed by atoms with van der Waals surface area (Å²) in [5, 5.41) is 13.0. The standard InChI is InChI=1S/C31H38BrN3O7/c1-3-4-14-34-15-10-6-9-13-23(37)33-17-22(20-11-7-5-8-12-20)41-30(40)24-25-28(38)35(19(2)18-36)27(29(34)39)31(25)16-21(32)26(24)42-31/h5-8,10-12,16,19,22,24-27,36H,3-4,9,13-15,17-18H2,1-2H3,(H,33,37)/b10-6-/t19-,22-,24-,25+,26-,27-,31+/m1/s1. The van der Waals surface area contributed by atoms with Crippen LogP contribution in [0.25, 0.3) is 0 Å². The molecule has 4 aliphatic heterocycles. The van der Waals surface area contributed by atoms with Crippen LogP contribution in [0.4, 0.5) is 0 Å². The van der Waals surface area contributed by atoms with Crippen LogP contribution < -0.4 is 5.32 Å². The molecule has 4 heterocycles. The van der Waals surface area contributed by atoms with E-state index < -0.39 is 53.6 Å². The summed E-state index contributed by atoms with van der Waals surface area (Å²) in [5.41, 5.74) is -0.700. The van der Waals surface area contributed by atoms with E-state index in [4.69, 9.17) is 9.47 Å². The molecule has 2 saturated heterocycles. The second-order valence-corrected chi connectivity index (χ2v) is 12.3. The van der Waals surface area contributed by atoms with E-state index in [0.717, 1.165) is 12.8 Å². The zero-order chi connectivity index (χ0) is 30.0. The van der Waals surface area contributed by atoms with Crippen molar-refractivity contribution in [1.29, 1.82) is 0 Å². The summed E-state index contributed by atoms with van der Waals surface area (Å²) in [6.07, 6.45) is 6.24. The molecule has 5 rings (SSSR count). The van der Waals surface area contributed by atoms with Crippen LogP contribution in [-0.4, -0.2) is 88.6 Å². The van der Waals surface area contributed by atoms with E-state index in [0.29, 0.717) is 29.6 Å². The summed E-state index contributed by atoms with van der Waals surface area (Å²) in [7, 11) is 0. The van der Waals surface area contributed by atoms with Crippen molar-refractivity contribution in [3.05, 3.63) is 58.6 Å². The molecule has 0 saturated carbocycles. The maximum atomic E-state index is 14.4.